The fourth-order valence-corrected chi connectivity index (χ4v) is 3.42. The van der Waals surface area contributed by atoms with E-state index >= 15 is 0 Å². The van der Waals surface area contributed by atoms with Crippen LogP contribution in [0.4, 0.5) is 10.1 Å². The van der Waals surface area contributed by atoms with Crippen LogP contribution in [0.2, 0.25) is 0 Å². The first-order chi connectivity index (χ1) is 14.0. The van der Waals surface area contributed by atoms with Crippen molar-refractivity contribution in [3.05, 3.63) is 47.3 Å². The molecule has 8 heteroatoms. The maximum atomic E-state index is 13.9. The molecule has 7 nitrogen and oxygen atoms in total. The Bertz CT molecular complexity index is 924. The number of methoxy groups -OCH3 is 3. The molecule has 0 saturated carbocycles. The van der Waals surface area contributed by atoms with Gasteiger partial charge in [-0.25, -0.2) is 4.39 Å². The standard InChI is InChI=1S/C21H22FN3O4/c1-27-18-11-14(12-19(28-2)20(18)29-3)21(26)25-9-7-24(8-10-25)17-6-4-5-16(22)15(17)13-23/h4-6,11-12H,7-10H2,1-3H3. The van der Waals surface area contributed by atoms with Crippen LogP contribution >= 0.6 is 0 Å². The third-order valence-electron chi connectivity index (χ3n) is 4.92. The van der Waals surface area contributed by atoms with Crippen molar-refractivity contribution in [2.24, 2.45) is 0 Å². The van der Waals surface area contributed by atoms with E-state index in [1.807, 2.05) is 11.0 Å². The molecule has 29 heavy (non-hydrogen) atoms. The molecule has 1 aliphatic rings. The molecule has 2 aromatic carbocycles. The number of benzene rings is 2. The lowest BCUT2D eigenvalue weighted by atomic mass is 10.1. The molecule has 1 aliphatic heterocycles. The van der Waals surface area contributed by atoms with Crippen LogP contribution in [-0.4, -0.2) is 58.3 Å². The fraction of sp³-hybridized carbons (Fsp3) is 0.333. The smallest absolute Gasteiger partial charge is 0.254 e. The Kier molecular flexibility index (Phi) is 6.07. The van der Waals surface area contributed by atoms with Gasteiger partial charge < -0.3 is 24.0 Å². The maximum Gasteiger partial charge on any atom is 0.254 e. The minimum Gasteiger partial charge on any atom is -0.493 e. The molecule has 0 aromatic heterocycles. The number of rotatable bonds is 5. The maximum absolute atomic E-state index is 13.9. The number of nitrogens with zero attached hydrogens (tertiary/aromatic N) is 3. The molecule has 152 valence electrons. The number of piperazine rings is 1. The summed E-state index contributed by atoms with van der Waals surface area (Å²) in [5.74, 6) is 0.538. The van der Waals surface area contributed by atoms with Crippen LogP contribution in [0.15, 0.2) is 30.3 Å². The SMILES string of the molecule is COc1cc(C(=O)N2CCN(c3cccc(F)c3C#N)CC2)cc(OC)c1OC. The lowest BCUT2D eigenvalue weighted by Gasteiger charge is -2.36. The number of hydrogen-bond acceptors (Lipinski definition) is 6. The van der Waals surface area contributed by atoms with Gasteiger partial charge >= 0.3 is 0 Å². The quantitative estimate of drug-likeness (QED) is 0.770. The molecular weight excluding hydrogens is 377 g/mol. The van der Waals surface area contributed by atoms with E-state index in [0.717, 1.165) is 0 Å². The molecule has 0 unspecified atom stereocenters. The zero-order valence-electron chi connectivity index (χ0n) is 16.6. The Hall–Kier alpha value is -3.47. The van der Waals surface area contributed by atoms with E-state index in [9.17, 15) is 14.4 Å². The second kappa shape index (κ2) is 8.69. The van der Waals surface area contributed by atoms with Gasteiger partial charge in [-0.05, 0) is 24.3 Å². The van der Waals surface area contributed by atoms with E-state index in [0.29, 0.717) is 54.7 Å². The average molecular weight is 399 g/mol. The lowest BCUT2D eigenvalue weighted by Crippen LogP contribution is -2.49. The minimum atomic E-state index is -0.541. The number of halogens is 1. The van der Waals surface area contributed by atoms with E-state index in [4.69, 9.17) is 14.2 Å². The number of hydrogen-bond donors (Lipinski definition) is 0. The van der Waals surface area contributed by atoms with Crippen LogP contribution < -0.4 is 19.1 Å². The van der Waals surface area contributed by atoms with Gasteiger partial charge in [0, 0.05) is 31.7 Å². The highest BCUT2D eigenvalue weighted by Crippen LogP contribution is 2.38. The minimum absolute atomic E-state index is 0.0249. The highest BCUT2D eigenvalue weighted by Gasteiger charge is 2.26. The van der Waals surface area contributed by atoms with E-state index in [1.165, 1.54) is 27.4 Å². The first-order valence-corrected chi connectivity index (χ1v) is 9.06. The molecule has 1 heterocycles. The number of amides is 1. The predicted molar refractivity (Wildman–Crippen MR) is 105 cm³/mol. The van der Waals surface area contributed by atoms with Gasteiger partial charge in [0.05, 0.1) is 27.0 Å². The van der Waals surface area contributed by atoms with Gasteiger partial charge in [0.15, 0.2) is 11.5 Å². The summed E-state index contributed by atoms with van der Waals surface area (Å²) >= 11 is 0. The monoisotopic (exact) mass is 399 g/mol. The van der Waals surface area contributed by atoms with E-state index in [2.05, 4.69) is 0 Å². The van der Waals surface area contributed by atoms with Crippen molar-refractivity contribution < 1.29 is 23.4 Å². The van der Waals surface area contributed by atoms with Crippen LogP contribution in [0.3, 0.4) is 0 Å². The summed E-state index contributed by atoms with van der Waals surface area (Å²) in [7, 11) is 4.50. The van der Waals surface area contributed by atoms with Crippen LogP contribution in [0.1, 0.15) is 15.9 Å². The summed E-state index contributed by atoms with van der Waals surface area (Å²) < 4.78 is 29.8. The van der Waals surface area contributed by atoms with Crippen molar-refractivity contribution in [3.8, 4) is 23.3 Å². The number of carbonyl (C=O) groups excluding carboxylic acids is 1. The number of anilines is 1. The van der Waals surface area contributed by atoms with Crippen LogP contribution in [0.25, 0.3) is 0 Å². The van der Waals surface area contributed by atoms with Gasteiger partial charge in [0.2, 0.25) is 5.75 Å². The molecule has 1 fully saturated rings. The van der Waals surface area contributed by atoms with Gasteiger partial charge in [-0.1, -0.05) is 6.07 Å². The topological polar surface area (TPSA) is 75.0 Å². The Labute approximate surface area is 168 Å². The molecule has 0 N–H and O–H groups in total. The van der Waals surface area contributed by atoms with Crippen molar-refractivity contribution in [2.75, 3.05) is 52.4 Å². The summed E-state index contributed by atoms with van der Waals surface area (Å²) in [6.07, 6.45) is 0. The van der Waals surface area contributed by atoms with E-state index in [-0.39, 0.29) is 11.5 Å². The van der Waals surface area contributed by atoms with Crippen LogP contribution in [0, 0.1) is 17.1 Å². The van der Waals surface area contributed by atoms with Crippen LogP contribution in [0.5, 0.6) is 17.2 Å². The second-order valence-corrected chi connectivity index (χ2v) is 6.44. The predicted octanol–water partition coefficient (Wildman–Crippen LogP) is 2.69. The van der Waals surface area contributed by atoms with Gasteiger partial charge in [-0.15, -0.1) is 0 Å². The van der Waals surface area contributed by atoms with E-state index < -0.39 is 5.82 Å². The molecule has 3 rings (SSSR count). The first kappa shape index (κ1) is 20.3. The summed E-state index contributed by atoms with van der Waals surface area (Å²) in [6.45, 7) is 1.87. The van der Waals surface area contributed by atoms with Gasteiger partial charge in [-0.3, -0.25) is 4.79 Å². The molecule has 0 spiro atoms. The Morgan fingerprint density at radius 3 is 2.17 bits per heavy atom. The number of nitriles is 1. The lowest BCUT2D eigenvalue weighted by molar-refractivity contribution is 0.0746. The Morgan fingerprint density at radius 2 is 1.66 bits per heavy atom. The third kappa shape index (κ3) is 3.90. The molecule has 2 aromatic rings. The summed E-state index contributed by atoms with van der Waals surface area (Å²) in [6, 6.07) is 9.74. The van der Waals surface area contributed by atoms with Crippen LogP contribution in [-0.2, 0) is 0 Å². The molecule has 0 bridgehead atoms. The molecule has 1 saturated heterocycles. The van der Waals surface area contributed by atoms with Crippen molar-refractivity contribution in [2.45, 2.75) is 0 Å². The highest BCUT2D eigenvalue weighted by atomic mass is 19.1. The normalized spacial score (nSPS) is 13.6. The summed E-state index contributed by atoms with van der Waals surface area (Å²) in [5, 5.41) is 9.25. The van der Waals surface area contributed by atoms with Crippen molar-refractivity contribution in [1.29, 1.82) is 5.26 Å². The fourth-order valence-electron chi connectivity index (χ4n) is 3.42. The van der Waals surface area contributed by atoms with Gasteiger partial charge in [0.1, 0.15) is 17.4 Å². The molecule has 0 radical (unpaired) electrons. The largest absolute Gasteiger partial charge is 0.493 e. The first-order valence-electron chi connectivity index (χ1n) is 9.06. The van der Waals surface area contributed by atoms with Crippen molar-refractivity contribution >= 4 is 11.6 Å². The number of carbonyl (C=O) groups is 1. The highest BCUT2D eigenvalue weighted by molar-refractivity contribution is 5.96. The summed E-state index contributed by atoms with van der Waals surface area (Å²) in [5.41, 5.74) is 1.00. The zero-order valence-corrected chi connectivity index (χ0v) is 16.6. The second-order valence-electron chi connectivity index (χ2n) is 6.44. The zero-order chi connectivity index (χ0) is 21.0. The Balaban J connectivity index is 1.77. The Morgan fingerprint density at radius 1 is 1.03 bits per heavy atom. The third-order valence-corrected chi connectivity index (χ3v) is 4.92. The number of ether oxygens (including phenoxy) is 3. The molecule has 1 amide bonds. The molecule has 0 atom stereocenters. The average Bonchev–Trinajstić information content (AvgIpc) is 2.77. The van der Waals surface area contributed by atoms with Gasteiger partial charge in [-0.2, -0.15) is 5.26 Å². The van der Waals surface area contributed by atoms with E-state index in [1.54, 1.807) is 29.2 Å². The van der Waals surface area contributed by atoms with Gasteiger partial charge in [0.25, 0.3) is 5.91 Å². The van der Waals surface area contributed by atoms with Crippen molar-refractivity contribution in [3.63, 3.8) is 0 Å². The summed E-state index contributed by atoms with van der Waals surface area (Å²) in [4.78, 5) is 16.6. The van der Waals surface area contributed by atoms with Crippen molar-refractivity contribution in [1.82, 2.24) is 4.90 Å². The molecule has 0 aliphatic carbocycles. The molecular formula is C21H22FN3O4.